The van der Waals surface area contributed by atoms with Crippen LogP contribution in [0.4, 0.5) is 0 Å². The molecule has 2 N–H and O–H groups in total. The number of carbonyl (C=O) groups is 1. The van der Waals surface area contributed by atoms with Crippen molar-refractivity contribution in [3.05, 3.63) is 35.9 Å². The summed E-state index contributed by atoms with van der Waals surface area (Å²) in [6, 6.07) is 10.4. The third-order valence-electron chi connectivity index (χ3n) is 3.63. The predicted molar refractivity (Wildman–Crippen MR) is 75.1 cm³/mol. The van der Waals surface area contributed by atoms with Crippen LogP contribution in [0.2, 0.25) is 0 Å². The summed E-state index contributed by atoms with van der Waals surface area (Å²) in [5.74, 6) is 0.0540. The second-order valence-electron chi connectivity index (χ2n) is 5.09. The first kappa shape index (κ1) is 14.0. The Morgan fingerprint density at radius 1 is 1.32 bits per heavy atom. The van der Waals surface area contributed by atoms with E-state index in [-0.39, 0.29) is 11.3 Å². The molecule has 4 heteroatoms. The Kier molecular flexibility index (Phi) is 4.93. The highest BCUT2D eigenvalue weighted by Crippen LogP contribution is 2.47. The molecule has 0 atom stereocenters. The molecule has 0 aromatic heterocycles. The number of rotatable bonds is 8. The SMILES string of the molecule is COCCNCC(=O)NCC1(c2ccccc2)CC1. The van der Waals surface area contributed by atoms with Crippen molar-refractivity contribution in [1.29, 1.82) is 0 Å². The second-order valence-corrected chi connectivity index (χ2v) is 5.09. The zero-order valence-corrected chi connectivity index (χ0v) is 11.4. The Labute approximate surface area is 114 Å². The first-order valence-corrected chi connectivity index (χ1v) is 6.79. The topological polar surface area (TPSA) is 50.4 Å². The maximum Gasteiger partial charge on any atom is 0.233 e. The first-order chi connectivity index (χ1) is 9.27. The molecular formula is C15H22N2O2. The minimum atomic E-state index is 0.0540. The Morgan fingerprint density at radius 2 is 2.05 bits per heavy atom. The Morgan fingerprint density at radius 3 is 2.68 bits per heavy atom. The van der Waals surface area contributed by atoms with E-state index in [2.05, 4.69) is 34.9 Å². The fourth-order valence-corrected chi connectivity index (χ4v) is 2.22. The molecule has 19 heavy (non-hydrogen) atoms. The molecule has 1 aliphatic rings. The van der Waals surface area contributed by atoms with Crippen molar-refractivity contribution in [2.45, 2.75) is 18.3 Å². The van der Waals surface area contributed by atoms with Crippen molar-refractivity contribution in [1.82, 2.24) is 10.6 Å². The van der Waals surface area contributed by atoms with E-state index in [1.807, 2.05) is 6.07 Å². The number of ether oxygens (including phenoxy) is 1. The molecule has 1 saturated carbocycles. The first-order valence-electron chi connectivity index (χ1n) is 6.79. The summed E-state index contributed by atoms with van der Waals surface area (Å²) < 4.78 is 4.91. The Bertz CT molecular complexity index is 402. The third kappa shape index (κ3) is 4.04. The van der Waals surface area contributed by atoms with Gasteiger partial charge in [-0.05, 0) is 18.4 Å². The van der Waals surface area contributed by atoms with Gasteiger partial charge in [0.25, 0.3) is 0 Å². The molecule has 0 aliphatic heterocycles. The van der Waals surface area contributed by atoms with Crippen LogP contribution < -0.4 is 10.6 Å². The fraction of sp³-hybridized carbons (Fsp3) is 0.533. The minimum absolute atomic E-state index is 0.0540. The summed E-state index contributed by atoms with van der Waals surface area (Å²) in [5.41, 5.74) is 1.52. The maximum absolute atomic E-state index is 11.7. The highest BCUT2D eigenvalue weighted by molar-refractivity contribution is 5.78. The van der Waals surface area contributed by atoms with Crippen molar-refractivity contribution in [3.63, 3.8) is 0 Å². The predicted octanol–water partition coefficient (Wildman–Crippen LogP) is 1.07. The smallest absolute Gasteiger partial charge is 0.233 e. The molecular weight excluding hydrogens is 240 g/mol. The summed E-state index contributed by atoms with van der Waals surface area (Å²) in [6.45, 7) is 2.42. The highest BCUT2D eigenvalue weighted by atomic mass is 16.5. The molecule has 0 bridgehead atoms. The van der Waals surface area contributed by atoms with Gasteiger partial charge >= 0.3 is 0 Å². The molecule has 104 valence electrons. The second kappa shape index (κ2) is 6.68. The van der Waals surface area contributed by atoms with E-state index in [0.29, 0.717) is 19.7 Å². The quantitative estimate of drug-likeness (QED) is 0.689. The van der Waals surface area contributed by atoms with E-state index in [1.165, 1.54) is 5.56 Å². The van der Waals surface area contributed by atoms with Crippen LogP contribution in [-0.2, 0) is 14.9 Å². The lowest BCUT2D eigenvalue weighted by molar-refractivity contribution is -0.120. The molecule has 2 rings (SSSR count). The third-order valence-corrected chi connectivity index (χ3v) is 3.63. The fourth-order valence-electron chi connectivity index (χ4n) is 2.22. The van der Waals surface area contributed by atoms with Gasteiger partial charge in [0.05, 0.1) is 13.2 Å². The van der Waals surface area contributed by atoms with Gasteiger partial charge in [-0.15, -0.1) is 0 Å². The highest BCUT2D eigenvalue weighted by Gasteiger charge is 2.44. The van der Waals surface area contributed by atoms with Gasteiger partial charge in [0.2, 0.25) is 5.91 Å². The number of amides is 1. The van der Waals surface area contributed by atoms with Crippen LogP contribution >= 0.6 is 0 Å². The van der Waals surface area contributed by atoms with Crippen molar-refractivity contribution in [2.24, 2.45) is 0 Å². The van der Waals surface area contributed by atoms with Gasteiger partial charge in [-0.1, -0.05) is 30.3 Å². The zero-order chi connectivity index (χ0) is 13.6. The monoisotopic (exact) mass is 262 g/mol. The van der Waals surface area contributed by atoms with Crippen molar-refractivity contribution in [2.75, 3.05) is 33.4 Å². The van der Waals surface area contributed by atoms with E-state index in [4.69, 9.17) is 4.74 Å². The van der Waals surface area contributed by atoms with Gasteiger partial charge in [0, 0.05) is 25.6 Å². The van der Waals surface area contributed by atoms with Gasteiger partial charge in [0.1, 0.15) is 0 Å². The molecule has 0 spiro atoms. The van der Waals surface area contributed by atoms with Crippen LogP contribution in [0.25, 0.3) is 0 Å². The van der Waals surface area contributed by atoms with E-state index in [0.717, 1.165) is 19.4 Å². The Balaban J connectivity index is 1.72. The molecule has 0 heterocycles. The van der Waals surface area contributed by atoms with Gasteiger partial charge in [-0.25, -0.2) is 0 Å². The van der Waals surface area contributed by atoms with Crippen LogP contribution in [0, 0.1) is 0 Å². The number of benzene rings is 1. The van der Waals surface area contributed by atoms with E-state index >= 15 is 0 Å². The lowest BCUT2D eigenvalue weighted by atomic mass is 9.96. The standard InChI is InChI=1S/C15H22N2O2/c1-19-10-9-16-11-14(18)17-12-15(7-8-15)13-5-3-2-4-6-13/h2-6,16H,7-12H2,1H3,(H,17,18). The summed E-state index contributed by atoms with van der Waals surface area (Å²) in [5, 5.41) is 6.06. The van der Waals surface area contributed by atoms with Gasteiger partial charge in [-0.3, -0.25) is 4.79 Å². The molecule has 1 aromatic carbocycles. The lowest BCUT2D eigenvalue weighted by Crippen LogP contribution is -2.39. The molecule has 0 unspecified atom stereocenters. The number of carbonyl (C=O) groups excluding carboxylic acids is 1. The number of methoxy groups -OCH3 is 1. The van der Waals surface area contributed by atoms with Crippen LogP contribution in [0.1, 0.15) is 18.4 Å². The lowest BCUT2D eigenvalue weighted by Gasteiger charge is -2.16. The summed E-state index contributed by atoms with van der Waals surface area (Å²) >= 11 is 0. The zero-order valence-electron chi connectivity index (χ0n) is 11.4. The largest absolute Gasteiger partial charge is 0.383 e. The number of nitrogens with one attached hydrogen (secondary N) is 2. The van der Waals surface area contributed by atoms with E-state index in [9.17, 15) is 4.79 Å². The van der Waals surface area contributed by atoms with Gasteiger partial charge in [0.15, 0.2) is 0 Å². The average Bonchev–Trinajstić information content (AvgIpc) is 3.24. The van der Waals surface area contributed by atoms with E-state index in [1.54, 1.807) is 7.11 Å². The van der Waals surface area contributed by atoms with Gasteiger partial charge in [-0.2, -0.15) is 0 Å². The van der Waals surface area contributed by atoms with E-state index < -0.39 is 0 Å². The van der Waals surface area contributed by atoms with Crippen molar-refractivity contribution < 1.29 is 9.53 Å². The van der Waals surface area contributed by atoms with Crippen LogP contribution in [0.3, 0.4) is 0 Å². The molecule has 0 radical (unpaired) electrons. The molecule has 1 aromatic rings. The summed E-state index contributed by atoms with van der Waals surface area (Å²) in [7, 11) is 1.65. The molecule has 1 aliphatic carbocycles. The van der Waals surface area contributed by atoms with Crippen molar-refractivity contribution in [3.8, 4) is 0 Å². The van der Waals surface area contributed by atoms with Crippen molar-refractivity contribution >= 4 is 5.91 Å². The summed E-state index contributed by atoms with van der Waals surface area (Å²) in [6.07, 6.45) is 2.32. The molecule has 1 fully saturated rings. The molecule has 4 nitrogen and oxygen atoms in total. The van der Waals surface area contributed by atoms with Crippen LogP contribution in [0.15, 0.2) is 30.3 Å². The Hall–Kier alpha value is -1.39. The maximum atomic E-state index is 11.7. The summed E-state index contributed by atoms with van der Waals surface area (Å²) in [4.78, 5) is 11.7. The number of hydrogen-bond donors (Lipinski definition) is 2. The molecule has 0 saturated heterocycles. The normalized spacial score (nSPS) is 16.1. The van der Waals surface area contributed by atoms with Gasteiger partial charge < -0.3 is 15.4 Å². The number of hydrogen-bond acceptors (Lipinski definition) is 3. The van der Waals surface area contributed by atoms with Crippen LogP contribution in [-0.4, -0.2) is 39.3 Å². The minimum Gasteiger partial charge on any atom is -0.383 e. The average molecular weight is 262 g/mol. The van der Waals surface area contributed by atoms with Crippen LogP contribution in [0.5, 0.6) is 0 Å². The molecule has 1 amide bonds.